The number of ether oxygens (including phenoxy) is 2. The first-order valence-corrected chi connectivity index (χ1v) is 9.69. The van der Waals surface area contributed by atoms with Crippen molar-refractivity contribution in [3.8, 4) is 17.0 Å². The number of anilines is 1. The van der Waals surface area contributed by atoms with Crippen LogP contribution in [0.5, 0.6) is 5.88 Å². The number of benzene rings is 1. The summed E-state index contributed by atoms with van der Waals surface area (Å²) in [7, 11) is 1.52. The number of aryl methyl sites for hydroxylation is 1. The zero-order chi connectivity index (χ0) is 21.4. The number of hydrogen-bond acceptors (Lipinski definition) is 6. The maximum absolute atomic E-state index is 15.4. The molecule has 1 atom stereocenters. The Bertz CT molecular complexity index is 1200. The van der Waals surface area contributed by atoms with Gasteiger partial charge in [0.15, 0.2) is 0 Å². The number of rotatable bonds is 5. The molecule has 156 valence electrons. The van der Waals surface area contributed by atoms with Gasteiger partial charge in [-0.25, -0.2) is 9.37 Å². The first-order chi connectivity index (χ1) is 14.4. The third kappa shape index (κ3) is 3.33. The number of hydrogen-bond donors (Lipinski definition) is 3. The molecule has 1 aliphatic heterocycles. The number of nitrogens with zero attached hydrogens (tertiary/aromatic N) is 1. The maximum Gasteiger partial charge on any atom is 0.259 e. The minimum atomic E-state index is -0.435. The molecule has 1 saturated heterocycles. The van der Waals surface area contributed by atoms with Crippen molar-refractivity contribution < 1.29 is 13.9 Å². The third-order valence-corrected chi connectivity index (χ3v) is 5.49. The highest BCUT2D eigenvalue weighted by Gasteiger charge is 2.22. The molecule has 3 aromatic rings. The van der Waals surface area contributed by atoms with E-state index in [2.05, 4.69) is 15.3 Å². The number of pyridine rings is 2. The van der Waals surface area contributed by atoms with Crippen LogP contribution in [0, 0.1) is 25.1 Å². The number of aromatic amines is 1. The Balaban J connectivity index is 1.96. The van der Waals surface area contributed by atoms with Crippen molar-refractivity contribution in [2.45, 2.75) is 26.3 Å². The minimum absolute atomic E-state index is 0.00499. The highest BCUT2D eigenvalue weighted by Crippen LogP contribution is 2.36. The molecule has 30 heavy (non-hydrogen) atoms. The summed E-state index contributed by atoms with van der Waals surface area (Å²) in [5, 5.41) is 11.5. The quantitative estimate of drug-likeness (QED) is 0.559. The van der Waals surface area contributed by atoms with Gasteiger partial charge in [-0.05, 0) is 43.5 Å². The second-order valence-electron chi connectivity index (χ2n) is 7.42. The lowest BCUT2D eigenvalue weighted by Gasteiger charge is -2.18. The average Bonchev–Trinajstić information content (AvgIpc) is 3.22. The topological polar surface area (TPSA) is 100 Å². The Labute approximate surface area is 172 Å². The fourth-order valence-corrected chi connectivity index (χ4v) is 4.01. The normalized spacial score (nSPS) is 16.1. The summed E-state index contributed by atoms with van der Waals surface area (Å²) < 4.78 is 26.1. The van der Waals surface area contributed by atoms with E-state index in [-0.39, 0.29) is 11.6 Å². The Morgan fingerprint density at radius 1 is 1.40 bits per heavy atom. The van der Waals surface area contributed by atoms with Gasteiger partial charge in [0.1, 0.15) is 5.82 Å². The number of H-pyrrole nitrogens is 1. The largest absolute Gasteiger partial charge is 0.481 e. The molecule has 8 heteroatoms. The van der Waals surface area contributed by atoms with E-state index in [9.17, 15) is 4.79 Å². The SMILES string of the molecule is COc1ncc(C)c(-c2cc3[nH]c(=O)c(C=N)c(NC4CCOC4)c3cc2F)c1C. The first-order valence-electron chi connectivity index (χ1n) is 9.69. The number of aromatic nitrogens is 2. The van der Waals surface area contributed by atoms with Crippen LogP contribution in [-0.2, 0) is 4.74 Å². The fraction of sp³-hybridized carbons (Fsp3) is 0.318. The number of halogens is 1. The molecular formula is C22H23FN4O3. The average molecular weight is 410 g/mol. The lowest BCUT2D eigenvalue weighted by atomic mass is 9.95. The van der Waals surface area contributed by atoms with Crippen molar-refractivity contribution >= 4 is 22.8 Å². The lowest BCUT2D eigenvalue weighted by Crippen LogP contribution is -2.24. The fourth-order valence-electron chi connectivity index (χ4n) is 4.01. The molecule has 0 spiro atoms. The van der Waals surface area contributed by atoms with Crippen LogP contribution >= 0.6 is 0 Å². The first kappa shape index (κ1) is 20.0. The summed E-state index contributed by atoms with van der Waals surface area (Å²) in [6.07, 6.45) is 3.41. The predicted octanol–water partition coefficient (Wildman–Crippen LogP) is 3.55. The Morgan fingerprint density at radius 3 is 2.87 bits per heavy atom. The van der Waals surface area contributed by atoms with Gasteiger partial charge < -0.3 is 25.2 Å². The molecule has 1 aliphatic rings. The van der Waals surface area contributed by atoms with Crippen molar-refractivity contribution in [3.63, 3.8) is 0 Å². The van der Waals surface area contributed by atoms with Gasteiger partial charge >= 0.3 is 0 Å². The van der Waals surface area contributed by atoms with Gasteiger partial charge in [0.2, 0.25) is 5.88 Å². The smallest absolute Gasteiger partial charge is 0.259 e. The molecule has 2 aromatic heterocycles. The van der Waals surface area contributed by atoms with Crippen molar-refractivity contribution in [2.24, 2.45) is 0 Å². The van der Waals surface area contributed by atoms with Gasteiger partial charge in [0, 0.05) is 35.5 Å². The zero-order valence-electron chi connectivity index (χ0n) is 17.1. The van der Waals surface area contributed by atoms with Gasteiger partial charge in [-0.2, -0.15) is 0 Å². The summed E-state index contributed by atoms with van der Waals surface area (Å²) in [5.74, 6) is -0.0120. The van der Waals surface area contributed by atoms with E-state index in [1.165, 1.54) is 13.2 Å². The lowest BCUT2D eigenvalue weighted by molar-refractivity contribution is 0.195. The zero-order valence-corrected chi connectivity index (χ0v) is 17.1. The molecule has 1 fully saturated rings. The minimum Gasteiger partial charge on any atom is -0.481 e. The van der Waals surface area contributed by atoms with Gasteiger partial charge in [0.05, 0.1) is 36.5 Å². The van der Waals surface area contributed by atoms with Crippen LogP contribution in [0.1, 0.15) is 23.1 Å². The maximum atomic E-state index is 15.4. The summed E-state index contributed by atoms with van der Waals surface area (Å²) in [6.45, 7) is 4.80. The molecule has 7 nitrogen and oxygen atoms in total. The summed E-state index contributed by atoms with van der Waals surface area (Å²) in [6, 6.07) is 3.04. The molecule has 4 rings (SSSR count). The van der Waals surface area contributed by atoms with Crippen molar-refractivity contribution in [1.29, 1.82) is 5.41 Å². The molecule has 3 N–H and O–H groups in total. The molecule has 1 aromatic carbocycles. The van der Waals surface area contributed by atoms with Gasteiger partial charge in [-0.1, -0.05) is 0 Å². The summed E-state index contributed by atoms with van der Waals surface area (Å²) in [4.78, 5) is 19.6. The van der Waals surface area contributed by atoms with Crippen LogP contribution < -0.4 is 15.6 Å². The number of nitrogens with one attached hydrogen (secondary N) is 3. The second-order valence-corrected chi connectivity index (χ2v) is 7.42. The molecule has 0 aliphatic carbocycles. The van der Waals surface area contributed by atoms with Crippen molar-refractivity contribution in [3.05, 3.63) is 51.2 Å². The summed E-state index contributed by atoms with van der Waals surface area (Å²) in [5.41, 5.74) is 3.24. The molecule has 0 amide bonds. The van der Waals surface area contributed by atoms with E-state index >= 15 is 4.39 Å². The van der Waals surface area contributed by atoms with E-state index in [1.54, 1.807) is 12.3 Å². The number of methoxy groups -OCH3 is 1. The van der Waals surface area contributed by atoms with E-state index in [0.717, 1.165) is 23.8 Å². The summed E-state index contributed by atoms with van der Waals surface area (Å²) >= 11 is 0. The van der Waals surface area contributed by atoms with E-state index < -0.39 is 11.4 Å². The van der Waals surface area contributed by atoms with Crippen LogP contribution in [0.2, 0.25) is 0 Å². The van der Waals surface area contributed by atoms with E-state index in [1.807, 2.05) is 13.8 Å². The van der Waals surface area contributed by atoms with Gasteiger partial charge in [-0.15, -0.1) is 0 Å². The van der Waals surface area contributed by atoms with Crippen molar-refractivity contribution in [2.75, 3.05) is 25.6 Å². The Kier molecular flexibility index (Phi) is 5.26. The standard InChI is InChI=1S/C22H23FN4O3/c1-11-9-25-22(29-3)12(2)19(11)14-7-18-15(6-17(14)23)20(16(8-24)21(28)27-18)26-13-4-5-30-10-13/h6-9,13,24H,4-5,10H2,1-3H3,(H2,26,27,28). The molecule has 1 unspecified atom stereocenters. The highest BCUT2D eigenvalue weighted by atomic mass is 19.1. The monoisotopic (exact) mass is 410 g/mol. The highest BCUT2D eigenvalue weighted by molar-refractivity contribution is 6.02. The number of fused-ring (bicyclic) bond motifs is 1. The van der Waals surface area contributed by atoms with Gasteiger partial charge in [-0.3, -0.25) is 4.79 Å². The van der Waals surface area contributed by atoms with Crippen LogP contribution in [0.3, 0.4) is 0 Å². The molecule has 0 bridgehead atoms. The molecule has 0 saturated carbocycles. The van der Waals surface area contributed by atoms with Crippen molar-refractivity contribution in [1.82, 2.24) is 9.97 Å². The molecular weight excluding hydrogens is 387 g/mol. The molecule has 3 heterocycles. The van der Waals surface area contributed by atoms with E-state index in [0.29, 0.717) is 46.8 Å². The predicted molar refractivity (Wildman–Crippen MR) is 115 cm³/mol. The van der Waals surface area contributed by atoms with E-state index in [4.69, 9.17) is 14.9 Å². The van der Waals surface area contributed by atoms with Gasteiger partial charge in [0.25, 0.3) is 5.56 Å². The van der Waals surface area contributed by atoms with Crippen LogP contribution in [-0.4, -0.2) is 42.5 Å². The third-order valence-electron chi connectivity index (χ3n) is 5.49. The second kappa shape index (κ2) is 7.87. The Hall–Kier alpha value is -3.26. The van der Waals surface area contributed by atoms with Crippen LogP contribution in [0.25, 0.3) is 22.0 Å². The van der Waals surface area contributed by atoms with Crippen LogP contribution in [0.15, 0.2) is 23.1 Å². The van der Waals surface area contributed by atoms with Crippen LogP contribution in [0.4, 0.5) is 10.1 Å². The molecule has 0 radical (unpaired) electrons. The Morgan fingerprint density at radius 2 is 2.20 bits per heavy atom.